The van der Waals surface area contributed by atoms with Crippen LogP contribution >= 0.6 is 0 Å². The lowest BCUT2D eigenvalue weighted by atomic mass is 9.95. The fraction of sp³-hybridized carbons (Fsp3) is 0.562. The summed E-state index contributed by atoms with van der Waals surface area (Å²) in [5.41, 5.74) is 11.9. The molecule has 0 saturated carbocycles. The van der Waals surface area contributed by atoms with Gasteiger partial charge in [0.1, 0.15) is 53.8 Å². The SMILES string of the molecule is CCC[C@H](NC(=O)[C@@H](NC(=O)[C@H](NC(=O)[C@@H](NC(=O)CNC(=O)CN(C)C(C)=O)C(C)C)[C@@H](C)CC)[C@@H](C)O)C(=O)N[C@H](C(=O)N[C@@H](CCCN=C(N)N)C(=O)N1CCC[C@H]1C(=O)NCC)[C@@H](C)CC.COc1ccc(S(=O)(=O)Nc2cccnc2Nc2ccc(O)cc2)cc1. The predicted molar refractivity (Wildman–Crippen MR) is 361 cm³/mol. The number of methoxy groups -OCH3 is 1. The van der Waals surface area contributed by atoms with Crippen molar-refractivity contribution in [3.63, 3.8) is 0 Å². The number of carbonyl (C=O) groups excluding carboxylic acids is 10. The van der Waals surface area contributed by atoms with Crippen LogP contribution in [0.4, 0.5) is 17.2 Å². The number of likely N-dealkylation sites (tertiary alicyclic amines) is 1. The third kappa shape index (κ3) is 26.1. The van der Waals surface area contributed by atoms with Gasteiger partial charge in [-0.2, -0.15) is 0 Å². The lowest BCUT2D eigenvalue weighted by molar-refractivity contribution is -0.142. The first-order chi connectivity index (χ1) is 45.3. The number of rotatable bonds is 36. The number of hydrogen-bond acceptors (Lipinski definition) is 18. The number of likely N-dealkylation sites (N-methyl/N-ethyl adjacent to an activating group) is 2. The minimum absolute atomic E-state index is 0.0853. The van der Waals surface area contributed by atoms with Crippen molar-refractivity contribution < 1.29 is 71.3 Å². The number of sulfonamides is 1. The Bertz CT molecular complexity index is 3230. The smallest absolute Gasteiger partial charge is 0.262 e. The molecule has 0 aliphatic carbocycles. The number of nitrogens with zero attached hydrogens (tertiary/aromatic N) is 4. The maximum absolute atomic E-state index is 14.2. The van der Waals surface area contributed by atoms with Crippen molar-refractivity contribution in [1.29, 1.82) is 0 Å². The second kappa shape index (κ2) is 40.2. The number of aliphatic hydroxyl groups excluding tert-OH is 1. The average Bonchev–Trinajstić information content (AvgIpc) is 1.22. The third-order valence-electron chi connectivity index (χ3n) is 15.8. The predicted octanol–water partition coefficient (Wildman–Crippen LogP) is 0.940. The highest BCUT2D eigenvalue weighted by atomic mass is 32.2. The molecule has 0 spiro atoms. The summed E-state index contributed by atoms with van der Waals surface area (Å²) in [6.07, 6.45) is 2.77. The van der Waals surface area contributed by atoms with E-state index in [1.54, 1.807) is 91.1 Å². The number of benzene rings is 2. The number of amides is 10. The molecular weight excluding hydrogens is 1260 g/mol. The van der Waals surface area contributed by atoms with Gasteiger partial charge in [-0.1, -0.05) is 67.7 Å². The van der Waals surface area contributed by atoms with Crippen LogP contribution in [0.2, 0.25) is 0 Å². The molecule has 1 aliphatic rings. The lowest BCUT2D eigenvalue weighted by Crippen LogP contribution is -2.63. The van der Waals surface area contributed by atoms with E-state index in [4.69, 9.17) is 16.2 Å². The summed E-state index contributed by atoms with van der Waals surface area (Å²) in [5.74, 6) is -6.91. The fourth-order valence-corrected chi connectivity index (χ4v) is 10.8. The van der Waals surface area contributed by atoms with E-state index in [-0.39, 0.29) is 54.4 Å². The quantitative estimate of drug-likeness (QED) is 0.0167. The van der Waals surface area contributed by atoms with Crippen molar-refractivity contribution >= 4 is 92.2 Å². The molecule has 532 valence electrons. The second-order valence-corrected chi connectivity index (χ2v) is 25.4. The summed E-state index contributed by atoms with van der Waals surface area (Å²) in [7, 11) is -0.851. The number of carbonyl (C=O) groups is 10. The Morgan fingerprint density at radius 3 is 1.85 bits per heavy atom. The number of hydrogen-bond donors (Lipinski definition) is 14. The number of ether oxygens (including phenoxy) is 1. The molecule has 4 rings (SSSR count). The molecule has 2 aromatic carbocycles. The molecule has 1 saturated heterocycles. The van der Waals surface area contributed by atoms with Crippen LogP contribution in [0.25, 0.3) is 0 Å². The average molecular weight is 1370 g/mol. The molecule has 0 bridgehead atoms. The molecule has 1 aromatic heterocycles. The van der Waals surface area contributed by atoms with Crippen molar-refractivity contribution in [1.82, 2.24) is 57.3 Å². The zero-order valence-corrected chi connectivity index (χ0v) is 57.8. The molecule has 0 radical (unpaired) electrons. The minimum atomic E-state index is -3.79. The van der Waals surface area contributed by atoms with E-state index < -0.39 is 130 Å². The Kier molecular flexibility index (Phi) is 33.8. The molecule has 32 heteroatoms. The molecule has 1 aliphatic heterocycles. The summed E-state index contributed by atoms with van der Waals surface area (Å²) in [6, 6.07) is 7.37. The summed E-state index contributed by atoms with van der Waals surface area (Å²) in [6.45, 7) is 16.5. The van der Waals surface area contributed by atoms with Crippen LogP contribution in [0.1, 0.15) is 121 Å². The number of aliphatic imine (C=N–C) groups is 1. The number of aromatic hydroxyl groups is 1. The summed E-state index contributed by atoms with van der Waals surface area (Å²) >= 11 is 0. The summed E-state index contributed by atoms with van der Waals surface area (Å²) in [4.78, 5) is 144. The minimum Gasteiger partial charge on any atom is -0.508 e. The van der Waals surface area contributed by atoms with Gasteiger partial charge in [-0.3, -0.25) is 57.7 Å². The van der Waals surface area contributed by atoms with Gasteiger partial charge >= 0.3 is 0 Å². The summed E-state index contributed by atoms with van der Waals surface area (Å²) in [5, 5.41) is 44.3. The highest BCUT2D eigenvalue weighted by Crippen LogP contribution is 2.28. The van der Waals surface area contributed by atoms with Crippen molar-refractivity contribution in [2.24, 2.45) is 34.2 Å². The van der Waals surface area contributed by atoms with E-state index in [0.717, 1.165) is 4.90 Å². The number of nitrogens with two attached hydrogens (primary N) is 2. The van der Waals surface area contributed by atoms with E-state index >= 15 is 0 Å². The zero-order valence-electron chi connectivity index (χ0n) is 56.9. The van der Waals surface area contributed by atoms with Crippen LogP contribution in [0.15, 0.2) is 76.7 Å². The number of guanidine groups is 1. The lowest BCUT2D eigenvalue weighted by Gasteiger charge is -2.32. The summed E-state index contributed by atoms with van der Waals surface area (Å²) < 4.78 is 32.8. The molecule has 0 unspecified atom stereocenters. The van der Waals surface area contributed by atoms with Gasteiger partial charge in [-0.15, -0.1) is 0 Å². The maximum atomic E-state index is 14.2. The van der Waals surface area contributed by atoms with Crippen molar-refractivity contribution in [2.45, 2.75) is 174 Å². The van der Waals surface area contributed by atoms with Gasteiger partial charge in [-0.05, 0) is 124 Å². The molecule has 2 heterocycles. The Morgan fingerprint density at radius 1 is 0.729 bits per heavy atom. The Hall–Kier alpha value is -9.33. The van der Waals surface area contributed by atoms with Gasteiger partial charge in [0.2, 0.25) is 59.1 Å². The topological polar surface area (TPSA) is 459 Å². The Morgan fingerprint density at radius 2 is 1.30 bits per heavy atom. The molecule has 16 N–H and O–H groups in total. The van der Waals surface area contributed by atoms with E-state index in [9.17, 15) is 66.6 Å². The Labute approximate surface area is 562 Å². The van der Waals surface area contributed by atoms with Crippen molar-refractivity contribution in [3.05, 3.63) is 66.9 Å². The third-order valence-corrected chi connectivity index (χ3v) is 17.2. The van der Waals surface area contributed by atoms with Gasteiger partial charge in [-0.25, -0.2) is 13.4 Å². The molecule has 3 aromatic rings. The zero-order chi connectivity index (χ0) is 72.0. The van der Waals surface area contributed by atoms with E-state index in [1.807, 2.05) is 6.92 Å². The molecule has 1 fully saturated rings. The maximum Gasteiger partial charge on any atom is 0.262 e. The van der Waals surface area contributed by atoms with Crippen LogP contribution in [0.5, 0.6) is 11.5 Å². The number of aromatic nitrogens is 1. The fourth-order valence-electron chi connectivity index (χ4n) is 9.73. The van der Waals surface area contributed by atoms with Gasteiger partial charge in [0.15, 0.2) is 11.8 Å². The first-order valence-electron chi connectivity index (χ1n) is 32.1. The monoisotopic (exact) mass is 1360 g/mol. The van der Waals surface area contributed by atoms with Gasteiger partial charge in [0.25, 0.3) is 10.0 Å². The number of nitrogens with one attached hydrogen (secondary N) is 10. The number of aliphatic hydroxyl groups is 1. The van der Waals surface area contributed by atoms with Gasteiger partial charge in [0.05, 0.1) is 36.9 Å². The number of anilines is 3. The van der Waals surface area contributed by atoms with Gasteiger partial charge in [0, 0.05) is 45.5 Å². The Balaban J connectivity index is 0.000000758. The second-order valence-electron chi connectivity index (χ2n) is 23.7. The van der Waals surface area contributed by atoms with Gasteiger partial charge < -0.3 is 84.1 Å². The molecule has 96 heavy (non-hydrogen) atoms. The number of pyridine rings is 1. The number of phenols is 1. The molecule has 31 nitrogen and oxygen atoms in total. The highest BCUT2D eigenvalue weighted by molar-refractivity contribution is 7.92. The first kappa shape index (κ1) is 80.9. The van der Waals surface area contributed by atoms with Crippen LogP contribution in [-0.2, 0) is 58.0 Å². The highest BCUT2D eigenvalue weighted by Gasteiger charge is 2.40. The van der Waals surface area contributed by atoms with Crippen LogP contribution in [0.3, 0.4) is 0 Å². The van der Waals surface area contributed by atoms with Crippen molar-refractivity contribution in [2.75, 3.05) is 56.9 Å². The van der Waals surface area contributed by atoms with E-state index in [2.05, 4.69) is 62.5 Å². The standard InChI is InChI=1S/C46H83N13O11.C18H17N3O4S/c1-12-18-30(39(64)55-36(26(7)13-2)42(67)53-31(19-16-21-50-46(47)48)45(70)59-22-17-20-32(59)40(65)49-15-4)52-44(69)38(28(9)60)57-43(68)37(27(8)14-3)56-41(66)35(25(5)6)54-33(62)23-51-34(63)24-58(11)29(10)61;1-25-15-8-10-16(11-9-15)26(23,24)21-17-3-2-12-19-18(17)20-13-4-6-14(22)7-5-13/h25-28,30-32,35-38,60H,12-24H2,1-11H3,(H,49,65)(H,51,63)(H,52,69)(H,53,67)(H,54,62)(H,55,64)(H,56,66)(H,57,68)(H4,47,48,50);2-12,21-22H,1H3,(H,19,20)/t26-,27-,28+,30-,31-,32-,35-,36-,37+,38-;/m0./s1. The van der Waals surface area contributed by atoms with E-state index in [0.29, 0.717) is 74.6 Å². The first-order valence-corrected chi connectivity index (χ1v) is 33.6. The van der Waals surface area contributed by atoms with Crippen LogP contribution < -0.4 is 68.8 Å². The molecule has 10 amide bonds. The van der Waals surface area contributed by atoms with E-state index in [1.165, 1.54) is 57.2 Å². The number of phenolic OH excluding ortho intramolecular Hbond substituents is 1. The largest absolute Gasteiger partial charge is 0.508 e. The van der Waals surface area contributed by atoms with Crippen LogP contribution in [0, 0.1) is 17.8 Å². The molecular formula is C64H100N16O15S. The molecule has 10 atom stereocenters. The normalized spacial score (nSPS) is 15.4. The van der Waals surface area contributed by atoms with Crippen LogP contribution in [-0.4, -0.2) is 194 Å². The van der Waals surface area contributed by atoms with Crippen molar-refractivity contribution in [3.8, 4) is 11.5 Å².